The Morgan fingerprint density at radius 2 is 2.04 bits per heavy atom. The molecule has 0 aliphatic heterocycles. The summed E-state index contributed by atoms with van der Waals surface area (Å²) in [5, 5.41) is 2.90. The van der Waals surface area contributed by atoms with Gasteiger partial charge in [-0.2, -0.15) is 0 Å². The Hall–Kier alpha value is -2.86. The number of ether oxygens (including phenoxy) is 2. The molecule has 0 atom stereocenters. The average Bonchev–Trinajstić information content (AvgIpc) is 2.97. The van der Waals surface area contributed by atoms with Crippen molar-refractivity contribution in [3.8, 4) is 5.75 Å². The molecule has 0 saturated carbocycles. The Morgan fingerprint density at radius 3 is 2.83 bits per heavy atom. The van der Waals surface area contributed by atoms with Gasteiger partial charge in [-0.05, 0) is 24.3 Å². The highest BCUT2D eigenvalue weighted by Gasteiger charge is 2.10. The Morgan fingerprint density at radius 1 is 1.21 bits per heavy atom. The first kappa shape index (κ1) is 16.0. The summed E-state index contributed by atoms with van der Waals surface area (Å²) in [7, 11) is 3.22. The lowest BCUT2D eigenvalue weighted by Gasteiger charge is -2.09. The van der Waals surface area contributed by atoms with Crippen molar-refractivity contribution in [3.63, 3.8) is 0 Å². The molecular formula is C18H19N3O3. The van der Waals surface area contributed by atoms with Crippen LogP contribution in [0.15, 0.2) is 42.5 Å². The normalized spacial score (nSPS) is 10.8. The summed E-state index contributed by atoms with van der Waals surface area (Å²) < 4.78 is 10.3. The smallest absolute Gasteiger partial charge is 0.228 e. The molecule has 0 fully saturated rings. The molecule has 0 unspecified atom stereocenters. The van der Waals surface area contributed by atoms with Gasteiger partial charge in [0.15, 0.2) is 0 Å². The van der Waals surface area contributed by atoms with Crippen molar-refractivity contribution in [3.05, 3.63) is 53.9 Å². The van der Waals surface area contributed by atoms with Crippen LogP contribution in [0.5, 0.6) is 5.75 Å². The van der Waals surface area contributed by atoms with E-state index in [1.165, 1.54) is 0 Å². The SMILES string of the molecule is COCc1nc2ccc(NC(=O)Cc3ccccc3OC)cc2[nH]1. The minimum atomic E-state index is -0.101. The lowest BCUT2D eigenvalue weighted by Crippen LogP contribution is -2.14. The largest absolute Gasteiger partial charge is 0.496 e. The highest BCUT2D eigenvalue weighted by Crippen LogP contribution is 2.20. The predicted molar refractivity (Wildman–Crippen MR) is 92.1 cm³/mol. The van der Waals surface area contributed by atoms with Crippen LogP contribution in [0.1, 0.15) is 11.4 Å². The molecule has 24 heavy (non-hydrogen) atoms. The van der Waals surface area contributed by atoms with Gasteiger partial charge in [-0.15, -0.1) is 0 Å². The fourth-order valence-corrected chi connectivity index (χ4v) is 2.57. The molecule has 124 valence electrons. The van der Waals surface area contributed by atoms with Crippen molar-refractivity contribution in [2.45, 2.75) is 13.0 Å². The fourth-order valence-electron chi connectivity index (χ4n) is 2.57. The number of benzene rings is 2. The predicted octanol–water partition coefficient (Wildman–Crippen LogP) is 2.90. The molecule has 6 nitrogen and oxygen atoms in total. The van der Waals surface area contributed by atoms with Gasteiger partial charge in [0.2, 0.25) is 5.91 Å². The third kappa shape index (κ3) is 3.55. The minimum absolute atomic E-state index is 0.101. The molecule has 0 spiro atoms. The van der Waals surface area contributed by atoms with Crippen LogP contribution in [0.3, 0.4) is 0 Å². The number of rotatable bonds is 6. The molecule has 0 aliphatic carbocycles. The van der Waals surface area contributed by atoms with Crippen LogP contribution < -0.4 is 10.1 Å². The average molecular weight is 325 g/mol. The number of methoxy groups -OCH3 is 2. The summed E-state index contributed by atoms with van der Waals surface area (Å²) in [6.45, 7) is 0.421. The van der Waals surface area contributed by atoms with Crippen LogP contribution in [-0.2, 0) is 22.6 Å². The van der Waals surface area contributed by atoms with E-state index in [-0.39, 0.29) is 12.3 Å². The molecule has 3 rings (SSSR count). The molecule has 1 heterocycles. The first-order valence-electron chi connectivity index (χ1n) is 7.59. The third-order valence-electron chi connectivity index (χ3n) is 3.64. The number of aromatic amines is 1. The number of nitrogens with zero attached hydrogens (tertiary/aromatic N) is 1. The quantitative estimate of drug-likeness (QED) is 0.730. The van der Waals surface area contributed by atoms with E-state index in [9.17, 15) is 4.79 Å². The molecular weight excluding hydrogens is 306 g/mol. The van der Waals surface area contributed by atoms with Crippen molar-refractivity contribution in [1.82, 2.24) is 9.97 Å². The number of H-pyrrole nitrogens is 1. The van der Waals surface area contributed by atoms with Gasteiger partial charge in [0.1, 0.15) is 18.2 Å². The third-order valence-corrected chi connectivity index (χ3v) is 3.64. The van der Waals surface area contributed by atoms with E-state index in [0.29, 0.717) is 12.4 Å². The highest BCUT2D eigenvalue weighted by atomic mass is 16.5. The highest BCUT2D eigenvalue weighted by molar-refractivity contribution is 5.94. The minimum Gasteiger partial charge on any atom is -0.496 e. The first-order valence-corrected chi connectivity index (χ1v) is 7.59. The van der Waals surface area contributed by atoms with Gasteiger partial charge in [-0.25, -0.2) is 4.98 Å². The molecule has 1 amide bonds. The number of aromatic nitrogens is 2. The molecule has 2 aromatic carbocycles. The maximum Gasteiger partial charge on any atom is 0.228 e. The van der Waals surface area contributed by atoms with Crippen LogP contribution in [0.4, 0.5) is 5.69 Å². The van der Waals surface area contributed by atoms with Crippen LogP contribution in [0.2, 0.25) is 0 Å². The van der Waals surface area contributed by atoms with Gasteiger partial charge in [-0.3, -0.25) is 4.79 Å². The number of fused-ring (bicyclic) bond motifs is 1. The van der Waals surface area contributed by atoms with Gasteiger partial charge in [0, 0.05) is 18.4 Å². The fraction of sp³-hybridized carbons (Fsp3) is 0.222. The molecule has 0 bridgehead atoms. The van der Waals surface area contributed by atoms with Crippen molar-refractivity contribution < 1.29 is 14.3 Å². The Balaban J connectivity index is 1.73. The number of imidazole rings is 1. The number of carbonyl (C=O) groups is 1. The van der Waals surface area contributed by atoms with Crippen LogP contribution in [0, 0.1) is 0 Å². The second-order valence-corrected chi connectivity index (χ2v) is 5.39. The molecule has 0 saturated heterocycles. The Kier molecular flexibility index (Phi) is 4.77. The zero-order chi connectivity index (χ0) is 16.9. The number of hydrogen-bond donors (Lipinski definition) is 2. The molecule has 0 aliphatic rings. The first-order chi connectivity index (χ1) is 11.7. The summed E-state index contributed by atoms with van der Waals surface area (Å²) in [5.41, 5.74) is 3.26. The van der Waals surface area contributed by atoms with Crippen molar-refractivity contribution >= 4 is 22.6 Å². The van der Waals surface area contributed by atoms with Gasteiger partial charge in [0.25, 0.3) is 0 Å². The number of amides is 1. The van der Waals surface area contributed by atoms with E-state index in [2.05, 4.69) is 15.3 Å². The van der Waals surface area contributed by atoms with E-state index in [0.717, 1.165) is 28.1 Å². The standard InChI is InChI=1S/C18H19N3O3/c1-23-11-17-20-14-8-7-13(10-15(14)21-17)19-18(22)9-12-5-3-4-6-16(12)24-2/h3-8,10H,9,11H2,1-2H3,(H,19,22)(H,20,21). The number of nitrogens with one attached hydrogen (secondary N) is 2. The Bertz CT molecular complexity index is 858. The van der Waals surface area contributed by atoms with Crippen LogP contribution in [0.25, 0.3) is 11.0 Å². The van der Waals surface area contributed by atoms with E-state index in [1.54, 1.807) is 14.2 Å². The van der Waals surface area contributed by atoms with Gasteiger partial charge < -0.3 is 19.8 Å². The summed E-state index contributed by atoms with van der Waals surface area (Å²) in [5.74, 6) is 1.36. The number of hydrogen-bond acceptors (Lipinski definition) is 4. The number of para-hydroxylation sites is 1. The van der Waals surface area contributed by atoms with Gasteiger partial charge >= 0.3 is 0 Å². The second-order valence-electron chi connectivity index (χ2n) is 5.39. The number of anilines is 1. The van der Waals surface area contributed by atoms with E-state index in [1.807, 2.05) is 42.5 Å². The topological polar surface area (TPSA) is 76.2 Å². The van der Waals surface area contributed by atoms with E-state index < -0.39 is 0 Å². The molecule has 2 N–H and O–H groups in total. The van der Waals surface area contributed by atoms with Crippen molar-refractivity contribution in [2.75, 3.05) is 19.5 Å². The summed E-state index contributed by atoms with van der Waals surface area (Å²) in [4.78, 5) is 19.9. The van der Waals surface area contributed by atoms with Crippen LogP contribution >= 0.6 is 0 Å². The summed E-state index contributed by atoms with van der Waals surface area (Å²) in [6, 6.07) is 13.1. The molecule has 3 aromatic rings. The lowest BCUT2D eigenvalue weighted by molar-refractivity contribution is -0.115. The van der Waals surface area contributed by atoms with Crippen LogP contribution in [-0.4, -0.2) is 30.1 Å². The zero-order valence-corrected chi connectivity index (χ0v) is 13.6. The monoisotopic (exact) mass is 325 g/mol. The summed E-state index contributed by atoms with van der Waals surface area (Å²) >= 11 is 0. The molecule has 6 heteroatoms. The lowest BCUT2D eigenvalue weighted by atomic mass is 10.1. The maximum absolute atomic E-state index is 12.3. The molecule has 1 aromatic heterocycles. The van der Waals surface area contributed by atoms with E-state index in [4.69, 9.17) is 9.47 Å². The van der Waals surface area contributed by atoms with E-state index >= 15 is 0 Å². The van der Waals surface area contributed by atoms with Crippen molar-refractivity contribution in [2.24, 2.45) is 0 Å². The number of carbonyl (C=O) groups excluding carboxylic acids is 1. The summed E-state index contributed by atoms with van der Waals surface area (Å²) in [6.07, 6.45) is 0.250. The molecule has 0 radical (unpaired) electrons. The van der Waals surface area contributed by atoms with Crippen molar-refractivity contribution in [1.29, 1.82) is 0 Å². The van der Waals surface area contributed by atoms with Gasteiger partial charge in [-0.1, -0.05) is 18.2 Å². The van der Waals surface area contributed by atoms with Gasteiger partial charge in [0.05, 0.1) is 24.6 Å². The Labute approximate surface area is 139 Å². The zero-order valence-electron chi connectivity index (χ0n) is 13.6. The second kappa shape index (κ2) is 7.14. The maximum atomic E-state index is 12.3.